The number of anilines is 1. The number of rotatable bonds is 3. The summed E-state index contributed by atoms with van der Waals surface area (Å²) in [6.07, 6.45) is 0. The summed E-state index contributed by atoms with van der Waals surface area (Å²) in [5.41, 5.74) is 2.81. The Morgan fingerprint density at radius 1 is 1.39 bits per heavy atom. The van der Waals surface area contributed by atoms with Crippen molar-refractivity contribution in [3.63, 3.8) is 0 Å². The molecule has 1 aromatic carbocycles. The zero-order chi connectivity index (χ0) is 13.3. The zero-order valence-electron chi connectivity index (χ0n) is 10.4. The van der Waals surface area contributed by atoms with Crippen molar-refractivity contribution in [1.29, 1.82) is 0 Å². The Balaban J connectivity index is 2.21. The molecule has 0 fully saturated rings. The Morgan fingerprint density at radius 3 is 2.72 bits per heavy atom. The van der Waals surface area contributed by atoms with Crippen LogP contribution < -0.4 is 5.32 Å². The highest BCUT2D eigenvalue weighted by molar-refractivity contribution is 9.10. The van der Waals surface area contributed by atoms with Crippen LogP contribution in [-0.4, -0.2) is 4.98 Å². The molecule has 1 aromatic heterocycles. The maximum absolute atomic E-state index is 13.3. The monoisotopic (exact) mass is 328 g/mol. The lowest BCUT2D eigenvalue weighted by atomic mass is 10.1. The minimum Gasteiger partial charge on any atom is -0.377 e. The van der Waals surface area contributed by atoms with Gasteiger partial charge in [0.1, 0.15) is 5.82 Å². The molecule has 2 nitrogen and oxygen atoms in total. The topological polar surface area (TPSA) is 24.9 Å². The highest BCUT2D eigenvalue weighted by atomic mass is 79.9. The molecule has 0 amide bonds. The van der Waals surface area contributed by atoms with E-state index in [4.69, 9.17) is 0 Å². The van der Waals surface area contributed by atoms with Crippen molar-refractivity contribution < 1.29 is 4.39 Å². The van der Waals surface area contributed by atoms with E-state index in [9.17, 15) is 4.39 Å². The summed E-state index contributed by atoms with van der Waals surface area (Å²) in [6, 6.07) is 3.39. The van der Waals surface area contributed by atoms with Crippen LogP contribution in [0.2, 0.25) is 0 Å². The number of benzene rings is 1. The van der Waals surface area contributed by atoms with Crippen LogP contribution in [-0.2, 0) is 0 Å². The zero-order valence-corrected chi connectivity index (χ0v) is 12.8. The maximum atomic E-state index is 13.3. The van der Waals surface area contributed by atoms with Gasteiger partial charge in [-0.1, -0.05) is 0 Å². The summed E-state index contributed by atoms with van der Waals surface area (Å²) in [4.78, 5) is 4.45. The smallest absolute Gasteiger partial charge is 0.137 e. The SMILES string of the molecule is Cc1nc(C(C)Nc2cc(Br)c(F)cc2C)cs1. The molecule has 1 N–H and O–H groups in total. The number of hydrogen-bond donors (Lipinski definition) is 1. The van der Waals surface area contributed by atoms with Crippen molar-refractivity contribution in [2.75, 3.05) is 5.32 Å². The third kappa shape index (κ3) is 2.90. The fraction of sp³-hybridized carbons (Fsp3) is 0.308. The van der Waals surface area contributed by atoms with Crippen LogP contribution in [0.1, 0.15) is 29.2 Å². The largest absolute Gasteiger partial charge is 0.377 e. The number of aromatic nitrogens is 1. The second-order valence-corrected chi connectivity index (χ2v) is 6.16. The molecule has 5 heteroatoms. The molecule has 96 valence electrons. The van der Waals surface area contributed by atoms with Gasteiger partial charge in [-0.3, -0.25) is 0 Å². The highest BCUT2D eigenvalue weighted by Crippen LogP contribution is 2.27. The van der Waals surface area contributed by atoms with E-state index in [1.54, 1.807) is 17.4 Å². The van der Waals surface area contributed by atoms with E-state index in [1.807, 2.05) is 26.2 Å². The number of aryl methyl sites for hydroxylation is 2. The summed E-state index contributed by atoms with van der Waals surface area (Å²) in [6.45, 7) is 5.92. The van der Waals surface area contributed by atoms with E-state index in [0.717, 1.165) is 22.0 Å². The lowest BCUT2D eigenvalue weighted by Crippen LogP contribution is -2.08. The van der Waals surface area contributed by atoms with Crippen LogP contribution in [0.15, 0.2) is 22.0 Å². The van der Waals surface area contributed by atoms with Gasteiger partial charge >= 0.3 is 0 Å². The Morgan fingerprint density at radius 2 is 2.11 bits per heavy atom. The molecule has 18 heavy (non-hydrogen) atoms. The first-order chi connectivity index (χ1) is 8.47. The Kier molecular flexibility index (Phi) is 4.02. The third-order valence-electron chi connectivity index (χ3n) is 2.72. The van der Waals surface area contributed by atoms with Crippen molar-refractivity contribution in [1.82, 2.24) is 4.98 Å². The average Bonchev–Trinajstić information content (AvgIpc) is 2.73. The molecule has 1 heterocycles. The average molecular weight is 329 g/mol. The van der Waals surface area contributed by atoms with Gasteiger partial charge in [-0.25, -0.2) is 9.37 Å². The normalized spacial score (nSPS) is 12.5. The molecule has 0 spiro atoms. The second kappa shape index (κ2) is 5.36. The van der Waals surface area contributed by atoms with E-state index < -0.39 is 0 Å². The predicted molar refractivity (Wildman–Crippen MR) is 77.7 cm³/mol. The molecule has 0 saturated carbocycles. The van der Waals surface area contributed by atoms with Gasteiger partial charge in [0.05, 0.1) is 21.2 Å². The van der Waals surface area contributed by atoms with Crippen LogP contribution in [0.25, 0.3) is 0 Å². The van der Waals surface area contributed by atoms with Crippen molar-refractivity contribution in [3.8, 4) is 0 Å². The first-order valence-corrected chi connectivity index (χ1v) is 7.29. The quantitative estimate of drug-likeness (QED) is 0.872. The molecule has 1 atom stereocenters. The molecule has 0 bridgehead atoms. The van der Waals surface area contributed by atoms with E-state index >= 15 is 0 Å². The van der Waals surface area contributed by atoms with Gasteiger partial charge in [0.25, 0.3) is 0 Å². The van der Waals surface area contributed by atoms with E-state index in [-0.39, 0.29) is 11.9 Å². The molecule has 2 aromatic rings. The van der Waals surface area contributed by atoms with E-state index in [2.05, 4.69) is 26.2 Å². The first-order valence-electron chi connectivity index (χ1n) is 5.61. The van der Waals surface area contributed by atoms with Crippen molar-refractivity contribution in [3.05, 3.63) is 44.1 Å². The Labute approximate surface area is 118 Å². The van der Waals surface area contributed by atoms with E-state index in [0.29, 0.717) is 4.47 Å². The summed E-state index contributed by atoms with van der Waals surface area (Å²) < 4.78 is 13.8. The van der Waals surface area contributed by atoms with Gasteiger partial charge in [0.2, 0.25) is 0 Å². The van der Waals surface area contributed by atoms with Gasteiger partial charge in [0, 0.05) is 11.1 Å². The molecular formula is C13H14BrFN2S. The summed E-state index contributed by atoms with van der Waals surface area (Å²) >= 11 is 4.83. The van der Waals surface area contributed by atoms with Crippen LogP contribution in [0.4, 0.5) is 10.1 Å². The molecule has 0 saturated heterocycles. The lowest BCUT2D eigenvalue weighted by molar-refractivity contribution is 0.620. The van der Waals surface area contributed by atoms with Gasteiger partial charge in [-0.15, -0.1) is 11.3 Å². The van der Waals surface area contributed by atoms with Crippen molar-refractivity contribution in [2.45, 2.75) is 26.8 Å². The summed E-state index contributed by atoms with van der Waals surface area (Å²) in [5.74, 6) is -0.241. The van der Waals surface area contributed by atoms with Crippen LogP contribution in [0.5, 0.6) is 0 Å². The summed E-state index contributed by atoms with van der Waals surface area (Å²) in [5, 5.41) is 6.45. The van der Waals surface area contributed by atoms with Crippen molar-refractivity contribution in [2.24, 2.45) is 0 Å². The molecule has 1 unspecified atom stereocenters. The molecule has 0 aliphatic heterocycles. The molecule has 0 aliphatic rings. The van der Waals surface area contributed by atoms with Crippen LogP contribution >= 0.6 is 27.3 Å². The number of nitrogens with one attached hydrogen (secondary N) is 1. The minimum absolute atomic E-state index is 0.103. The lowest BCUT2D eigenvalue weighted by Gasteiger charge is -2.16. The van der Waals surface area contributed by atoms with Crippen LogP contribution in [0.3, 0.4) is 0 Å². The van der Waals surface area contributed by atoms with Gasteiger partial charge < -0.3 is 5.32 Å². The first kappa shape index (κ1) is 13.5. The predicted octanol–water partition coefficient (Wildman–Crippen LogP) is 4.83. The highest BCUT2D eigenvalue weighted by Gasteiger charge is 2.11. The minimum atomic E-state index is -0.241. The summed E-state index contributed by atoms with van der Waals surface area (Å²) in [7, 11) is 0. The van der Waals surface area contributed by atoms with Crippen molar-refractivity contribution >= 4 is 33.0 Å². The van der Waals surface area contributed by atoms with Gasteiger partial charge in [-0.2, -0.15) is 0 Å². The van der Waals surface area contributed by atoms with Crippen LogP contribution in [0, 0.1) is 19.7 Å². The van der Waals surface area contributed by atoms with E-state index in [1.165, 1.54) is 6.07 Å². The number of halogens is 2. The van der Waals surface area contributed by atoms with Gasteiger partial charge in [-0.05, 0) is 54.4 Å². The molecular weight excluding hydrogens is 315 g/mol. The third-order valence-corrected chi connectivity index (χ3v) is 4.12. The van der Waals surface area contributed by atoms with Gasteiger partial charge in [0.15, 0.2) is 0 Å². The Hall–Kier alpha value is -0.940. The number of thiazole rings is 1. The molecule has 0 radical (unpaired) electrons. The molecule has 0 aliphatic carbocycles. The molecule has 2 rings (SSSR count). The second-order valence-electron chi connectivity index (χ2n) is 4.24. The standard InChI is InChI=1S/C13H14BrFN2S/c1-7-4-11(15)10(14)5-12(7)16-8(2)13-6-18-9(3)17-13/h4-6,8,16H,1-3H3. The fourth-order valence-electron chi connectivity index (χ4n) is 1.69. The number of hydrogen-bond acceptors (Lipinski definition) is 3. The number of nitrogens with zero attached hydrogens (tertiary/aromatic N) is 1. The maximum Gasteiger partial charge on any atom is 0.137 e. The Bertz CT molecular complexity index is 568. The fourth-order valence-corrected chi connectivity index (χ4v) is 2.74.